The van der Waals surface area contributed by atoms with Gasteiger partial charge in [0.15, 0.2) is 0 Å². The summed E-state index contributed by atoms with van der Waals surface area (Å²) in [5.74, 6) is -0.260. The van der Waals surface area contributed by atoms with Gasteiger partial charge in [-0.25, -0.2) is 5.01 Å². The van der Waals surface area contributed by atoms with Crippen molar-refractivity contribution in [1.82, 2.24) is 15.8 Å². The molecule has 0 bridgehead atoms. The van der Waals surface area contributed by atoms with E-state index in [9.17, 15) is 9.59 Å². The summed E-state index contributed by atoms with van der Waals surface area (Å²) in [5, 5.41) is 4.91. The van der Waals surface area contributed by atoms with Crippen LogP contribution in [0.1, 0.15) is 51.0 Å². The molecule has 2 rings (SSSR count). The third-order valence-corrected chi connectivity index (χ3v) is 4.35. The van der Waals surface area contributed by atoms with Gasteiger partial charge in [0, 0.05) is 18.0 Å². The van der Waals surface area contributed by atoms with Gasteiger partial charge in [-0.1, -0.05) is 56.3 Å². The molecule has 0 unspecified atom stereocenters. The van der Waals surface area contributed by atoms with Gasteiger partial charge in [-0.2, -0.15) is 0 Å². The Hall–Kier alpha value is -2.01. The smallest absolute Gasteiger partial charge is 0.245 e. The maximum Gasteiger partial charge on any atom is 0.245 e. The molecule has 136 valence electrons. The molecule has 0 atom stereocenters. The third kappa shape index (κ3) is 6.42. The molecule has 1 aromatic carbocycles. The Labute approximate surface area is 154 Å². The van der Waals surface area contributed by atoms with Crippen LogP contribution in [0.15, 0.2) is 30.3 Å². The first kappa shape index (κ1) is 19.3. The molecule has 25 heavy (non-hydrogen) atoms. The van der Waals surface area contributed by atoms with Crippen LogP contribution >= 0.6 is 11.6 Å². The van der Waals surface area contributed by atoms with Crippen LogP contribution in [-0.2, 0) is 9.59 Å². The van der Waals surface area contributed by atoms with Gasteiger partial charge in [-0.3, -0.25) is 15.0 Å². The van der Waals surface area contributed by atoms with Crippen molar-refractivity contribution in [1.29, 1.82) is 0 Å². The van der Waals surface area contributed by atoms with E-state index in [1.54, 1.807) is 12.1 Å². The lowest BCUT2D eigenvalue weighted by Crippen LogP contribution is -2.49. The van der Waals surface area contributed by atoms with Gasteiger partial charge in [-0.05, 0) is 30.2 Å². The average Bonchev–Trinajstić information content (AvgIpc) is 2.61. The number of halogens is 1. The number of amides is 2. The zero-order chi connectivity index (χ0) is 18.1. The van der Waals surface area contributed by atoms with Crippen molar-refractivity contribution >= 4 is 29.1 Å². The van der Waals surface area contributed by atoms with Crippen molar-refractivity contribution in [3.05, 3.63) is 40.9 Å². The number of nitrogens with zero attached hydrogens (tertiary/aromatic N) is 1. The van der Waals surface area contributed by atoms with Gasteiger partial charge in [0.2, 0.25) is 11.8 Å². The summed E-state index contributed by atoms with van der Waals surface area (Å²) in [6, 6.07) is 7.36. The molecule has 0 aromatic heterocycles. The third-order valence-electron chi connectivity index (χ3n) is 4.10. The van der Waals surface area contributed by atoms with Crippen LogP contribution in [0.2, 0.25) is 5.02 Å². The summed E-state index contributed by atoms with van der Waals surface area (Å²) >= 11 is 5.90. The van der Waals surface area contributed by atoms with Crippen molar-refractivity contribution < 1.29 is 9.59 Å². The number of carbonyl (C=O) groups is 2. The van der Waals surface area contributed by atoms with Crippen LogP contribution in [0.4, 0.5) is 0 Å². The fourth-order valence-corrected chi connectivity index (χ4v) is 2.77. The van der Waals surface area contributed by atoms with Gasteiger partial charge >= 0.3 is 0 Å². The lowest BCUT2D eigenvalue weighted by Gasteiger charge is -2.28. The summed E-state index contributed by atoms with van der Waals surface area (Å²) in [4.78, 5) is 24.1. The van der Waals surface area contributed by atoms with E-state index in [1.165, 1.54) is 24.3 Å². The van der Waals surface area contributed by atoms with Gasteiger partial charge in [-0.15, -0.1) is 0 Å². The zero-order valence-corrected chi connectivity index (χ0v) is 15.4. The lowest BCUT2D eigenvalue weighted by atomic mass is 10.1. The number of carbonyl (C=O) groups excluding carboxylic acids is 2. The van der Waals surface area contributed by atoms with Crippen molar-refractivity contribution in [2.45, 2.75) is 45.4 Å². The highest BCUT2D eigenvalue weighted by Gasteiger charge is 2.21. The first-order valence-corrected chi connectivity index (χ1v) is 9.27. The first-order chi connectivity index (χ1) is 12.1. The average molecular weight is 364 g/mol. The van der Waals surface area contributed by atoms with E-state index in [0.717, 1.165) is 24.1 Å². The second-order valence-corrected chi connectivity index (χ2v) is 6.62. The Morgan fingerprint density at radius 2 is 1.92 bits per heavy atom. The fourth-order valence-electron chi connectivity index (χ4n) is 2.65. The molecular formula is C19H26ClN3O2. The van der Waals surface area contributed by atoms with Crippen LogP contribution in [0, 0.1) is 0 Å². The normalized spacial score (nSPS) is 14.1. The van der Waals surface area contributed by atoms with Gasteiger partial charge in [0.05, 0.1) is 5.70 Å². The molecule has 1 aliphatic heterocycles. The quantitative estimate of drug-likeness (QED) is 0.660. The summed E-state index contributed by atoms with van der Waals surface area (Å²) in [5.41, 5.74) is 4.77. The molecule has 0 spiro atoms. The maximum atomic E-state index is 12.1. The van der Waals surface area contributed by atoms with Crippen molar-refractivity contribution in [3.63, 3.8) is 0 Å². The topological polar surface area (TPSA) is 61.4 Å². The fraction of sp³-hybridized carbons (Fsp3) is 0.474. The highest BCUT2D eigenvalue weighted by atomic mass is 35.5. The van der Waals surface area contributed by atoms with E-state index in [0.29, 0.717) is 11.6 Å². The Morgan fingerprint density at radius 1 is 1.20 bits per heavy atom. The highest BCUT2D eigenvalue weighted by molar-refractivity contribution is 6.30. The molecule has 1 aromatic rings. The zero-order valence-electron chi connectivity index (χ0n) is 14.7. The molecule has 1 aliphatic rings. The first-order valence-electron chi connectivity index (χ1n) is 8.90. The van der Waals surface area contributed by atoms with E-state index in [-0.39, 0.29) is 24.8 Å². The monoisotopic (exact) mass is 363 g/mol. The summed E-state index contributed by atoms with van der Waals surface area (Å²) < 4.78 is 0. The van der Waals surface area contributed by atoms with E-state index in [1.807, 2.05) is 18.2 Å². The second kappa shape index (κ2) is 10.1. The largest absolute Gasteiger partial charge is 0.354 e. The minimum atomic E-state index is -0.145. The lowest BCUT2D eigenvalue weighted by molar-refractivity contribution is -0.137. The predicted octanol–water partition coefficient (Wildman–Crippen LogP) is 3.50. The molecule has 0 saturated heterocycles. The van der Waals surface area contributed by atoms with Crippen molar-refractivity contribution in [3.8, 4) is 0 Å². The summed E-state index contributed by atoms with van der Waals surface area (Å²) in [6.45, 7) is 2.85. The predicted molar refractivity (Wildman–Crippen MR) is 101 cm³/mol. The van der Waals surface area contributed by atoms with E-state index in [2.05, 4.69) is 17.7 Å². The van der Waals surface area contributed by atoms with Gasteiger partial charge in [0.1, 0.15) is 6.54 Å². The number of rotatable bonds is 9. The Kier molecular flexibility index (Phi) is 7.79. The van der Waals surface area contributed by atoms with E-state index in [4.69, 9.17) is 11.6 Å². The van der Waals surface area contributed by atoms with Crippen LogP contribution in [0.25, 0.3) is 5.70 Å². The number of hydrogen-bond acceptors (Lipinski definition) is 3. The highest BCUT2D eigenvalue weighted by Crippen LogP contribution is 2.19. The maximum absolute atomic E-state index is 12.1. The number of hydrogen-bond donors (Lipinski definition) is 2. The van der Waals surface area contributed by atoms with Crippen LogP contribution in [-0.4, -0.2) is 29.9 Å². The molecule has 6 heteroatoms. The molecule has 0 saturated carbocycles. The molecule has 0 radical (unpaired) electrons. The summed E-state index contributed by atoms with van der Waals surface area (Å²) in [6.07, 6.45) is 7.84. The van der Waals surface area contributed by atoms with E-state index < -0.39 is 0 Å². The number of unbranched alkanes of at least 4 members (excludes halogenated alkanes) is 4. The van der Waals surface area contributed by atoms with Crippen LogP contribution < -0.4 is 10.7 Å². The Balaban J connectivity index is 1.79. The van der Waals surface area contributed by atoms with Gasteiger partial charge < -0.3 is 5.32 Å². The number of hydrazine groups is 1. The Bertz CT molecular complexity index is 614. The second-order valence-electron chi connectivity index (χ2n) is 6.18. The Morgan fingerprint density at radius 3 is 2.64 bits per heavy atom. The van der Waals surface area contributed by atoms with Gasteiger partial charge in [0.25, 0.3) is 0 Å². The molecule has 5 nitrogen and oxygen atoms in total. The van der Waals surface area contributed by atoms with Crippen LogP contribution in [0.5, 0.6) is 0 Å². The summed E-state index contributed by atoms with van der Waals surface area (Å²) in [7, 11) is 0. The standard InChI is InChI=1S/C19H26ClN3O2/c1-2-3-4-5-6-13-21-18(24)14-23-19(25)12-11-17(22-23)15-7-9-16(20)10-8-15/h7-11,22H,2-6,12-14H2,1H3,(H,21,24). The molecule has 2 amide bonds. The van der Waals surface area contributed by atoms with E-state index >= 15 is 0 Å². The van der Waals surface area contributed by atoms with Crippen LogP contribution in [0.3, 0.4) is 0 Å². The van der Waals surface area contributed by atoms with Crippen molar-refractivity contribution in [2.75, 3.05) is 13.1 Å². The molecule has 0 fully saturated rings. The molecular weight excluding hydrogens is 338 g/mol. The molecule has 0 aliphatic carbocycles. The number of nitrogens with one attached hydrogen (secondary N) is 2. The number of benzene rings is 1. The minimum absolute atomic E-state index is 0.0126. The minimum Gasteiger partial charge on any atom is -0.354 e. The molecule has 2 N–H and O–H groups in total. The van der Waals surface area contributed by atoms with Crippen molar-refractivity contribution in [2.24, 2.45) is 0 Å². The SMILES string of the molecule is CCCCCCCNC(=O)CN1NC(c2ccc(Cl)cc2)=CCC1=O. The molecule has 1 heterocycles.